The maximum atomic E-state index is 12.0. The van der Waals surface area contributed by atoms with E-state index in [-0.39, 0.29) is 5.91 Å². The van der Waals surface area contributed by atoms with Gasteiger partial charge in [0.1, 0.15) is 5.76 Å². The van der Waals surface area contributed by atoms with E-state index in [9.17, 15) is 4.79 Å². The molecule has 0 aliphatic carbocycles. The third-order valence-electron chi connectivity index (χ3n) is 3.83. The Hall–Kier alpha value is -3.71. The van der Waals surface area contributed by atoms with Crippen molar-refractivity contribution in [3.63, 3.8) is 0 Å². The Bertz CT molecular complexity index is 1070. The van der Waals surface area contributed by atoms with Crippen molar-refractivity contribution in [2.24, 2.45) is 0 Å². The molecule has 0 aliphatic heterocycles. The number of hydrogen-bond acceptors (Lipinski definition) is 6. The molecular weight excluding hydrogens is 372 g/mol. The van der Waals surface area contributed by atoms with Crippen molar-refractivity contribution in [2.45, 2.75) is 0 Å². The van der Waals surface area contributed by atoms with Gasteiger partial charge in [-0.1, -0.05) is 0 Å². The average molecular weight is 388 g/mol. The fourth-order valence-corrected chi connectivity index (χ4v) is 3.21. The van der Waals surface area contributed by atoms with Crippen molar-refractivity contribution in [1.82, 2.24) is 9.97 Å². The number of pyridine rings is 1. The molecule has 0 aliphatic rings. The molecular formula is C21H16N4O2S. The van der Waals surface area contributed by atoms with Crippen molar-refractivity contribution >= 4 is 39.8 Å². The lowest BCUT2D eigenvalue weighted by atomic mass is 10.2. The van der Waals surface area contributed by atoms with Crippen LogP contribution >= 0.6 is 11.3 Å². The summed E-state index contributed by atoms with van der Waals surface area (Å²) < 4.78 is 5.15. The minimum Gasteiger partial charge on any atom is -0.465 e. The van der Waals surface area contributed by atoms with Gasteiger partial charge in [-0.3, -0.25) is 9.78 Å². The summed E-state index contributed by atoms with van der Waals surface area (Å²) in [6.07, 6.45) is 8.11. The first kappa shape index (κ1) is 17.7. The summed E-state index contributed by atoms with van der Waals surface area (Å²) in [7, 11) is 0. The molecule has 0 atom stereocenters. The molecule has 3 heterocycles. The molecule has 0 spiro atoms. The van der Waals surface area contributed by atoms with Gasteiger partial charge in [0.15, 0.2) is 5.13 Å². The molecule has 138 valence electrons. The van der Waals surface area contributed by atoms with Crippen molar-refractivity contribution in [3.05, 3.63) is 84.4 Å². The summed E-state index contributed by atoms with van der Waals surface area (Å²) in [4.78, 5) is 20.6. The number of carbonyl (C=O) groups is 1. The first-order valence-electron chi connectivity index (χ1n) is 8.52. The number of anilines is 3. The molecule has 0 fully saturated rings. The molecule has 0 saturated carbocycles. The quantitative estimate of drug-likeness (QED) is 0.444. The van der Waals surface area contributed by atoms with Crippen molar-refractivity contribution in [1.29, 1.82) is 0 Å². The third-order valence-corrected chi connectivity index (χ3v) is 4.58. The van der Waals surface area contributed by atoms with E-state index in [0.29, 0.717) is 11.4 Å². The maximum absolute atomic E-state index is 12.0. The standard InChI is InChI=1S/C21H16N4O2S/c26-20(8-7-18-2-1-13-27-18)23-16-3-5-17(6-4-16)24-21-25-19(14-28-21)15-9-11-22-12-10-15/h1-14H,(H,23,26)(H,24,25)/b8-7+. The zero-order valence-electron chi connectivity index (χ0n) is 14.7. The van der Waals surface area contributed by atoms with E-state index < -0.39 is 0 Å². The average Bonchev–Trinajstić information content (AvgIpc) is 3.41. The number of amides is 1. The molecule has 0 radical (unpaired) electrons. The molecule has 4 rings (SSSR count). The van der Waals surface area contributed by atoms with E-state index in [1.165, 1.54) is 17.4 Å². The van der Waals surface area contributed by atoms with Gasteiger partial charge < -0.3 is 15.1 Å². The highest BCUT2D eigenvalue weighted by Crippen LogP contribution is 2.27. The summed E-state index contributed by atoms with van der Waals surface area (Å²) in [6.45, 7) is 0. The lowest BCUT2D eigenvalue weighted by Gasteiger charge is -2.05. The van der Waals surface area contributed by atoms with E-state index in [1.54, 1.807) is 36.9 Å². The van der Waals surface area contributed by atoms with Crippen molar-refractivity contribution in [3.8, 4) is 11.3 Å². The number of rotatable bonds is 6. The summed E-state index contributed by atoms with van der Waals surface area (Å²) in [5.41, 5.74) is 3.53. The molecule has 28 heavy (non-hydrogen) atoms. The first-order valence-corrected chi connectivity index (χ1v) is 9.40. The molecule has 2 N–H and O–H groups in total. The molecule has 7 heteroatoms. The van der Waals surface area contributed by atoms with Crippen molar-refractivity contribution in [2.75, 3.05) is 10.6 Å². The van der Waals surface area contributed by atoms with Crippen LogP contribution in [-0.2, 0) is 4.79 Å². The normalized spacial score (nSPS) is 10.9. The van der Waals surface area contributed by atoms with Crippen LogP contribution in [0.15, 0.2) is 83.1 Å². The Balaban J connectivity index is 1.36. The number of benzene rings is 1. The Morgan fingerprint density at radius 1 is 1.04 bits per heavy atom. The van der Waals surface area contributed by atoms with Gasteiger partial charge in [0, 0.05) is 40.8 Å². The summed E-state index contributed by atoms with van der Waals surface area (Å²) in [6, 6.07) is 14.8. The van der Waals surface area contributed by atoms with Gasteiger partial charge in [-0.15, -0.1) is 11.3 Å². The lowest BCUT2D eigenvalue weighted by Crippen LogP contribution is -2.07. The molecule has 0 unspecified atom stereocenters. The van der Waals surface area contributed by atoms with Gasteiger partial charge in [0.05, 0.1) is 12.0 Å². The second-order valence-corrected chi connectivity index (χ2v) is 6.67. The number of carbonyl (C=O) groups excluding carboxylic acids is 1. The molecule has 1 amide bonds. The van der Waals surface area contributed by atoms with Crippen LogP contribution in [-0.4, -0.2) is 15.9 Å². The predicted octanol–water partition coefficient (Wildman–Crippen LogP) is 5.19. The molecule has 0 bridgehead atoms. The Morgan fingerprint density at radius 3 is 2.57 bits per heavy atom. The lowest BCUT2D eigenvalue weighted by molar-refractivity contribution is -0.111. The van der Waals surface area contributed by atoms with Crippen LogP contribution in [0.4, 0.5) is 16.5 Å². The first-order chi connectivity index (χ1) is 13.8. The molecule has 0 saturated heterocycles. The molecule has 1 aromatic carbocycles. The van der Waals surface area contributed by atoms with Crippen LogP contribution in [0.3, 0.4) is 0 Å². The Morgan fingerprint density at radius 2 is 1.82 bits per heavy atom. The van der Waals surface area contributed by atoms with Gasteiger partial charge in [0.25, 0.3) is 0 Å². The minimum atomic E-state index is -0.223. The Labute approximate surface area is 165 Å². The number of furan rings is 1. The fraction of sp³-hybridized carbons (Fsp3) is 0. The Kier molecular flexibility index (Phi) is 5.26. The van der Waals surface area contributed by atoms with Gasteiger partial charge in [0.2, 0.25) is 5.91 Å². The van der Waals surface area contributed by atoms with Crippen LogP contribution in [0.25, 0.3) is 17.3 Å². The maximum Gasteiger partial charge on any atom is 0.248 e. The predicted molar refractivity (Wildman–Crippen MR) is 111 cm³/mol. The van der Waals surface area contributed by atoms with Gasteiger partial charge in [-0.2, -0.15) is 0 Å². The van der Waals surface area contributed by atoms with E-state index >= 15 is 0 Å². The highest BCUT2D eigenvalue weighted by Gasteiger charge is 2.05. The van der Waals surface area contributed by atoms with Crippen LogP contribution in [0.1, 0.15) is 5.76 Å². The van der Waals surface area contributed by atoms with Crippen LogP contribution in [0, 0.1) is 0 Å². The zero-order valence-corrected chi connectivity index (χ0v) is 15.5. The minimum absolute atomic E-state index is 0.223. The highest BCUT2D eigenvalue weighted by molar-refractivity contribution is 7.14. The fourth-order valence-electron chi connectivity index (χ4n) is 2.47. The second-order valence-electron chi connectivity index (χ2n) is 5.81. The van der Waals surface area contributed by atoms with Crippen LogP contribution in [0.5, 0.6) is 0 Å². The smallest absolute Gasteiger partial charge is 0.248 e. The number of nitrogens with one attached hydrogen (secondary N) is 2. The van der Waals surface area contributed by atoms with Crippen LogP contribution < -0.4 is 10.6 Å². The zero-order chi connectivity index (χ0) is 19.2. The third kappa shape index (κ3) is 4.52. The van der Waals surface area contributed by atoms with Crippen molar-refractivity contribution < 1.29 is 9.21 Å². The number of aromatic nitrogens is 2. The SMILES string of the molecule is O=C(/C=C/c1ccco1)Nc1ccc(Nc2nc(-c3ccncc3)cs2)cc1. The van der Waals surface area contributed by atoms with E-state index in [2.05, 4.69) is 20.6 Å². The van der Waals surface area contributed by atoms with Gasteiger partial charge in [-0.05, 0) is 54.6 Å². The van der Waals surface area contributed by atoms with E-state index in [1.807, 2.05) is 41.8 Å². The van der Waals surface area contributed by atoms with Gasteiger partial charge in [-0.25, -0.2) is 4.98 Å². The largest absolute Gasteiger partial charge is 0.465 e. The monoisotopic (exact) mass is 388 g/mol. The highest BCUT2D eigenvalue weighted by atomic mass is 32.1. The number of hydrogen-bond donors (Lipinski definition) is 2. The van der Waals surface area contributed by atoms with E-state index in [4.69, 9.17) is 4.42 Å². The number of nitrogens with zero attached hydrogens (tertiary/aromatic N) is 2. The summed E-state index contributed by atoms with van der Waals surface area (Å²) in [5.74, 6) is 0.406. The summed E-state index contributed by atoms with van der Waals surface area (Å²) >= 11 is 1.53. The summed E-state index contributed by atoms with van der Waals surface area (Å²) in [5, 5.41) is 8.87. The number of thiazole rings is 1. The van der Waals surface area contributed by atoms with Crippen LogP contribution in [0.2, 0.25) is 0 Å². The molecule has 3 aromatic heterocycles. The van der Waals surface area contributed by atoms with Gasteiger partial charge >= 0.3 is 0 Å². The molecule has 4 aromatic rings. The topological polar surface area (TPSA) is 80.0 Å². The van der Waals surface area contributed by atoms with E-state index in [0.717, 1.165) is 22.1 Å². The molecule has 6 nitrogen and oxygen atoms in total. The second kappa shape index (κ2) is 8.32.